The molecule has 1 aliphatic heterocycles. The Morgan fingerprint density at radius 3 is 2.71 bits per heavy atom. The lowest BCUT2D eigenvalue weighted by molar-refractivity contribution is -0.552. The van der Waals surface area contributed by atoms with Crippen molar-refractivity contribution in [2.24, 2.45) is 0 Å². The molecule has 0 saturated heterocycles. The molecular weight excluding hydrogens is 397 g/mol. The number of aromatic hydroxyl groups is 1. The van der Waals surface area contributed by atoms with Crippen LogP contribution in [0.4, 0.5) is 10.2 Å². The maximum absolute atomic E-state index is 13.9. The van der Waals surface area contributed by atoms with Crippen LogP contribution in [-0.4, -0.2) is 22.0 Å². The van der Waals surface area contributed by atoms with E-state index in [4.69, 9.17) is 9.40 Å². The summed E-state index contributed by atoms with van der Waals surface area (Å²) in [5.74, 6) is 0.381. The molecule has 7 heteroatoms. The zero-order valence-corrected chi connectivity index (χ0v) is 16.5. The number of hydrogen-bond acceptors (Lipinski definition) is 5. The van der Waals surface area contributed by atoms with Crippen molar-refractivity contribution in [2.75, 3.05) is 5.32 Å². The number of aromatic nitrogens is 2. The third-order valence-corrected chi connectivity index (χ3v) is 5.25. The molecule has 0 saturated carbocycles. The standard InChI is InChI=1S/C24H18FN3O3/c25-17-10-16(11-18(29)12-17)22-14-28-23(20(26-22)9-15-5-2-1-3-6-15)27-21(24(28)30)13-19-7-4-8-31-19/h1-8,10-12,14,21,29H,9,13H2/p+1. The number of hydrogen-bond donors (Lipinski definition) is 2. The van der Waals surface area contributed by atoms with Gasteiger partial charge in [0.1, 0.15) is 34.9 Å². The number of phenolic OH excluding ortho intramolecular Hbond substituents is 1. The molecule has 0 spiro atoms. The fourth-order valence-corrected chi connectivity index (χ4v) is 3.82. The van der Waals surface area contributed by atoms with Crippen LogP contribution in [0.2, 0.25) is 0 Å². The summed E-state index contributed by atoms with van der Waals surface area (Å²) >= 11 is 0. The van der Waals surface area contributed by atoms with Gasteiger partial charge in [0.2, 0.25) is 6.04 Å². The number of benzene rings is 2. The highest BCUT2D eigenvalue weighted by molar-refractivity contribution is 5.82. The highest BCUT2D eigenvalue weighted by Crippen LogP contribution is 2.27. The summed E-state index contributed by atoms with van der Waals surface area (Å²) in [6.45, 7) is 0. The summed E-state index contributed by atoms with van der Waals surface area (Å²) in [7, 11) is 0. The number of carbonyl (C=O) groups is 1. The second kappa shape index (κ2) is 7.68. The molecule has 0 fully saturated rings. The molecule has 3 heterocycles. The van der Waals surface area contributed by atoms with E-state index in [-0.39, 0.29) is 11.7 Å². The Hall–Kier alpha value is -4.00. The van der Waals surface area contributed by atoms with Crippen LogP contribution < -0.4 is 9.88 Å². The number of furan rings is 1. The van der Waals surface area contributed by atoms with Crippen molar-refractivity contribution in [3.63, 3.8) is 0 Å². The summed E-state index contributed by atoms with van der Waals surface area (Å²) in [5, 5.41) is 13.1. The molecule has 0 bridgehead atoms. The van der Waals surface area contributed by atoms with E-state index in [2.05, 4.69) is 5.32 Å². The van der Waals surface area contributed by atoms with Crippen molar-refractivity contribution < 1.29 is 23.3 Å². The Balaban J connectivity index is 1.59. The van der Waals surface area contributed by atoms with Crippen LogP contribution in [0.5, 0.6) is 5.75 Å². The second-order valence-corrected chi connectivity index (χ2v) is 7.47. The van der Waals surface area contributed by atoms with Crippen LogP contribution in [-0.2, 0) is 12.8 Å². The van der Waals surface area contributed by atoms with E-state index in [1.165, 1.54) is 16.7 Å². The molecule has 6 nitrogen and oxygen atoms in total. The summed E-state index contributed by atoms with van der Waals surface area (Å²) in [4.78, 5) is 17.9. The largest absolute Gasteiger partial charge is 0.508 e. The number of carbonyl (C=O) groups excluding carboxylic acids is 1. The molecule has 0 aliphatic carbocycles. The molecule has 2 aromatic heterocycles. The minimum absolute atomic E-state index is 0.148. The van der Waals surface area contributed by atoms with E-state index in [9.17, 15) is 14.3 Å². The summed E-state index contributed by atoms with van der Waals surface area (Å²) in [5.41, 5.74) is 2.48. The molecule has 2 aromatic carbocycles. The summed E-state index contributed by atoms with van der Waals surface area (Å²) in [6.07, 6.45) is 4.04. The van der Waals surface area contributed by atoms with Gasteiger partial charge in [-0.3, -0.25) is 5.32 Å². The first-order chi connectivity index (χ1) is 15.1. The van der Waals surface area contributed by atoms with E-state index in [0.29, 0.717) is 41.4 Å². The first kappa shape index (κ1) is 19.0. The van der Waals surface area contributed by atoms with Gasteiger partial charge in [-0.2, -0.15) is 4.57 Å². The molecule has 0 radical (unpaired) electrons. The van der Waals surface area contributed by atoms with Gasteiger partial charge in [0.25, 0.3) is 0 Å². The maximum atomic E-state index is 13.9. The van der Waals surface area contributed by atoms with E-state index in [0.717, 1.165) is 11.6 Å². The summed E-state index contributed by atoms with van der Waals surface area (Å²) < 4.78 is 20.8. The van der Waals surface area contributed by atoms with Crippen LogP contribution in [0.15, 0.2) is 77.5 Å². The van der Waals surface area contributed by atoms with Crippen LogP contribution >= 0.6 is 0 Å². The van der Waals surface area contributed by atoms with E-state index >= 15 is 0 Å². The number of anilines is 1. The Morgan fingerprint density at radius 2 is 1.97 bits per heavy atom. The number of fused-ring (bicyclic) bond motifs is 1. The zero-order chi connectivity index (χ0) is 21.4. The first-order valence-corrected chi connectivity index (χ1v) is 9.89. The van der Waals surface area contributed by atoms with E-state index in [1.807, 2.05) is 36.4 Å². The molecule has 1 atom stereocenters. The molecule has 154 valence electrons. The smallest absolute Gasteiger partial charge is 0.359 e. The SMILES string of the molecule is O=C1C(Cc2ccco2)Nc2c(Cc3ccccc3)nc(-c3cc(O)cc(F)c3)c[n+]21. The number of nitrogens with one attached hydrogen (secondary N) is 1. The van der Waals surface area contributed by atoms with Gasteiger partial charge in [-0.15, -0.1) is 0 Å². The van der Waals surface area contributed by atoms with Crippen molar-refractivity contribution in [2.45, 2.75) is 18.9 Å². The number of halogens is 1. The normalized spacial score (nSPS) is 15.0. The molecule has 5 rings (SSSR count). The summed E-state index contributed by atoms with van der Waals surface area (Å²) in [6, 6.07) is 16.6. The van der Waals surface area contributed by atoms with Crippen molar-refractivity contribution in [3.8, 4) is 17.0 Å². The molecule has 4 aromatic rings. The van der Waals surface area contributed by atoms with Gasteiger partial charge in [0.05, 0.1) is 12.7 Å². The molecule has 1 unspecified atom stereocenters. The first-order valence-electron chi connectivity index (χ1n) is 9.89. The Bertz CT molecular complexity index is 1240. The van der Waals surface area contributed by atoms with Crippen molar-refractivity contribution >= 4 is 11.7 Å². The lowest BCUT2D eigenvalue weighted by Gasteiger charge is -2.08. The van der Waals surface area contributed by atoms with Crippen molar-refractivity contribution in [1.82, 2.24) is 4.98 Å². The average Bonchev–Trinajstić information content (AvgIpc) is 3.37. The third kappa shape index (κ3) is 3.77. The number of phenols is 1. The average molecular weight is 416 g/mol. The topological polar surface area (TPSA) is 79.2 Å². The number of rotatable bonds is 5. The van der Waals surface area contributed by atoms with Crippen molar-refractivity contribution in [3.05, 3.63) is 96.0 Å². The lowest BCUT2D eigenvalue weighted by Crippen LogP contribution is -2.44. The maximum Gasteiger partial charge on any atom is 0.359 e. The monoisotopic (exact) mass is 416 g/mol. The van der Waals surface area contributed by atoms with Gasteiger partial charge in [0, 0.05) is 18.1 Å². The lowest BCUT2D eigenvalue weighted by atomic mass is 10.1. The fourth-order valence-electron chi connectivity index (χ4n) is 3.82. The molecular formula is C24H19FN3O3+. The van der Waals surface area contributed by atoms with Gasteiger partial charge in [-0.1, -0.05) is 30.3 Å². The van der Waals surface area contributed by atoms with E-state index in [1.54, 1.807) is 18.5 Å². The molecule has 0 amide bonds. The molecule has 31 heavy (non-hydrogen) atoms. The van der Waals surface area contributed by atoms with Crippen molar-refractivity contribution in [1.29, 1.82) is 0 Å². The van der Waals surface area contributed by atoms with E-state index < -0.39 is 11.9 Å². The van der Waals surface area contributed by atoms with Crippen LogP contribution in [0.25, 0.3) is 11.3 Å². The highest BCUT2D eigenvalue weighted by atomic mass is 19.1. The predicted molar refractivity (Wildman–Crippen MR) is 111 cm³/mol. The second-order valence-electron chi connectivity index (χ2n) is 7.47. The van der Waals surface area contributed by atoms with Crippen LogP contribution in [0.1, 0.15) is 21.8 Å². The highest BCUT2D eigenvalue weighted by Gasteiger charge is 2.41. The van der Waals surface area contributed by atoms with Gasteiger partial charge in [-0.25, -0.2) is 14.2 Å². The zero-order valence-electron chi connectivity index (χ0n) is 16.5. The van der Waals surface area contributed by atoms with Gasteiger partial charge in [0.15, 0.2) is 0 Å². The van der Waals surface area contributed by atoms with Crippen LogP contribution in [0.3, 0.4) is 0 Å². The van der Waals surface area contributed by atoms with Gasteiger partial charge >= 0.3 is 11.7 Å². The van der Waals surface area contributed by atoms with Crippen LogP contribution in [0, 0.1) is 5.82 Å². The Morgan fingerprint density at radius 1 is 1.13 bits per heavy atom. The van der Waals surface area contributed by atoms with Gasteiger partial charge < -0.3 is 9.52 Å². The Kier molecular flexibility index (Phi) is 4.71. The Labute approximate surface area is 177 Å². The fraction of sp³-hybridized carbons (Fsp3) is 0.125. The minimum atomic E-state index is -0.577. The molecule has 2 N–H and O–H groups in total. The quantitative estimate of drug-likeness (QED) is 0.485. The third-order valence-electron chi connectivity index (χ3n) is 5.25. The molecule has 1 aliphatic rings. The minimum Gasteiger partial charge on any atom is -0.508 e. The predicted octanol–water partition coefficient (Wildman–Crippen LogP) is 3.74. The number of nitrogens with zero attached hydrogens (tertiary/aromatic N) is 2. The van der Waals surface area contributed by atoms with Gasteiger partial charge in [-0.05, 0) is 29.8 Å².